The van der Waals surface area contributed by atoms with E-state index >= 15 is 0 Å². The number of nitrogens with one attached hydrogen (secondary N) is 2. The predicted molar refractivity (Wildman–Crippen MR) is 139 cm³/mol. The van der Waals surface area contributed by atoms with Crippen molar-refractivity contribution in [1.29, 1.82) is 0 Å². The minimum absolute atomic E-state index is 0.0131. The third-order valence-electron chi connectivity index (χ3n) is 6.55. The number of pyridine rings is 1. The lowest BCUT2D eigenvalue weighted by molar-refractivity contribution is -0.120. The van der Waals surface area contributed by atoms with E-state index in [1.807, 2.05) is 36.5 Å². The second kappa shape index (κ2) is 12.5. The third kappa shape index (κ3) is 7.89. The molecule has 1 amide bonds. The molecular weight excluding hydrogens is 439 g/mol. The van der Waals surface area contributed by atoms with Gasteiger partial charge in [0.05, 0.1) is 6.42 Å². The lowest BCUT2D eigenvalue weighted by atomic mass is 10.0. The molecule has 6 heteroatoms. The molecule has 1 fully saturated rings. The van der Waals surface area contributed by atoms with Gasteiger partial charge in [-0.2, -0.15) is 0 Å². The molecule has 184 valence electrons. The van der Waals surface area contributed by atoms with Gasteiger partial charge in [0.25, 0.3) is 0 Å². The van der Waals surface area contributed by atoms with E-state index in [2.05, 4.69) is 45.6 Å². The third-order valence-corrected chi connectivity index (χ3v) is 6.55. The summed E-state index contributed by atoms with van der Waals surface area (Å²) in [5.41, 5.74) is 4.22. The average molecular weight is 475 g/mol. The van der Waals surface area contributed by atoms with Crippen molar-refractivity contribution in [3.8, 4) is 0 Å². The highest BCUT2D eigenvalue weighted by molar-refractivity contribution is 5.78. The van der Waals surface area contributed by atoms with Gasteiger partial charge in [0.1, 0.15) is 5.82 Å². The number of carbonyl (C=O) groups is 1. The first-order valence-electron chi connectivity index (χ1n) is 12.6. The minimum atomic E-state index is -0.246. The first-order chi connectivity index (χ1) is 17.0. The second-order valence-corrected chi connectivity index (χ2v) is 9.43. The van der Waals surface area contributed by atoms with E-state index in [0.29, 0.717) is 31.5 Å². The van der Waals surface area contributed by atoms with Crippen molar-refractivity contribution in [2.75, 3.05) is 24.5 Å². The molecule has 3 aromatic rings. The van der Waals surface area contributed by atoms with E-state index in [-0.39, 0.29) is 11.7 Å². The number of rotatable bonds is 10. The monoisotopic (exact) mass is 474 g/mol. The molecule has 0 radical (unpaired) electrons. The van der Waals surface area contributed by atoms with Crippen molar-refractivity contribution in [1.82, 2.24) is 15.6 Å². The van der Waals surface area contributed by atoms with E-state index in [1.165, 1.54) is 17.8 Å². The van der Waals surface area contributed by atoms with Gasteiger partial charge in [-0.25, -0.2) is 4.39 Å². The zero-order chi connectivity index (χ0) is 24.5. The lowest BCUT2D eigenvalue weighted by Crippen LogP contribution is -2.46. The quantitative estimate of drug-likeness (QED) is 0.460. The van der Waals surface area contributed by atoms with Crippen LogP contribution in [0.2, 0.25) is 0 Å². The van der Waals surface area contributed by atoms with Gasteiger partial charge in [0.15, 0.2) is 0 Å². The number of aromatic nitrogens is 1. The summed E-state index contributed by atoms with van der Waals surface area (Å²) in [7, 11) is 0. The molecule has 1 saturated heterocycles. The summed E-state index contributed by atoms with van der Waals surface area (Å²) in [6.07, 6.45) is 6.00. The normalized spacial score (nSPS) is 15.1. The van der Waals surface area contributed by atoms with Crippen LogP contribution >= 0.6 is 0 Å². The summed E-state index contributed by atoms with van der Waals surface area (Å²) >= 11 is 0. The zero-order valence-electron chi connectivity index (χ0n) is 20.4. The van der Waals surface area contributed by atoms with E-state index in [9.17, 15) is 9.18 Å². The van der Waals surface area contributed by atoms with Crippen molar-refractivity contribution in [2.24, 2.45) is 0 Å². The van der Waals surface area contributed by atoms with Crippen molar-refractivity contribution in [3.63, 3.8) is 0 Å². The van der Waals surface area contributed by atoms with Crippen LogP contribution in [-0.4, -0.2) is 42.6 Å². The fourth-order valence-corrected chi connectivity index (χ4v) is 4.71. The molecule has 5 nitrogen and oxygen atoms in total. The molecular formula is C29H35FN4O. The summed E-state index contributed by atoms with van der Waals surface area (Å²) in [5.74, 6) is -0.259. The number of benzene rings is 2. The van der Waals surface area contributed by atoms with Gasteiger partial charge < -0.3 is 15.5 Å². The Morgan fingerprint density at radius 2 is 1.86 bits per heavy atom. The van der Waals surface area contributed by atoms with Crippen LogP contribution in [0.25, 0.3) is 0 Å². The van der Waals surface area contributed by atoms with Crippen LogP contribution in [0.3, 0.4) is 0 Å². The molecule has 4 rings (SSSR count). The number of nitrogens with zero attached hydrogens (tertiary/aromatic N) is 2. The molecule has 0 aliphatic carbocycles. The molecule has 0 spiro atoms. The smallest absolute Gasteiger partial charge is 0.224 e. The van der Waals surface area contributed by atoms with Gasteiger partial charge in [-0.15, -0.1) is 0 Å². The molecule has 35 heavy (non-hydrogen) atoms. The Kier molecular flexibility index (Phi) is 8.85. The van der Waals surface area contributed by atoms with Crippen molar-refractivity contribution in [3.05, 3.63) is 95.6 Å². The lowest BCUT2D eigenvalue weighted by Gasteiger charge is -2.35. The zero-order valence-corrected chi connectivity index (χ0v) is 20.4. The van der Waals surface area contributed by atoms with Crippen LogP contribution in [0.4, 0.5) is 10.1 Å². The molecule has 2 heterocycles. The van der Waals surface area contributed by atoms with Crippen molar-refractivity contribution >= 4 is 11.6 Å². The van der Waals surface area contributed by atoms with Gasteiger partial charge in [-0.3, -0.25) is 9.78 Å². The van der Waals surface area contributed by atoms with Crippen molar-refractivity contribution in [2.45, 2.75) is 51.1 Å². The fraction of sp³-hybridized carbons (Fsp3) is 0.379. The Bertz CT molecular complexity index is 1070. The number of piperidine rings is 1. The summed E-state index contributed by atoms with van der Waals surface area (Å²) in [5, 5.41) is 6.70. The first kappa shape index (κ1) is 24.9. The minimum Gasteiger partial charge on any atom is -0.371 e. The van der Waals surface area contributed by atoms with Crippen LogP contribution in [0.1, 0.15) is 36.6 Å². The Hall–Kier alpha value is -3.25. The Morgan fingerprint density at radius 1 is 1.06 bits per heavy atom. The van der Waals surface area contributed by atoms with E-state index in [0.717, 1.165) is 49.2 Å². The van der Waals surface area contributed by atoms with Gasteiger partial charge in [-0.05, 0) is 73.7 Å². The second-order valence-electron chi connectivity index (χ2n) is 9.43. The Morgan fingerprint density at radius 3 is 2.57 bits per heavy atom. The molecule has 1 aromatic heterocycles. The maximum atomic E-state index is 13.3. The highest BCUT2D eigenvalue weighted by Gasteiger charge is 2.21. The first-order valence-corrected chi connectivity index (χ1v) is 12.6. The van der Waals surface area contributed by atoms with Crippen LogP contribution in [0.5, 0.6) is 0 Å². The molecule has 1 aliphatic rings. The molecule has 1 aliphatic heterocycles. The summed E-state index contributed by atoms with van der Waals surface area (Å²) < 4.78 is 13.3. The molecule has 1 atom stereocenters. The van der Waals surface area contributed by atoms with Crippen LogP contribution in [-0.2, 0) is 24.1 Å². The highest BCUT2D eigenvalue weighted by atomic mass is 19.1. The summed E-state index contributed by atoms with van der Waals surface area (Å²) in [6.45, 7) is 4.78. The number of hydrogen-bond donors (Lipinski definition) is 2. The standard InChI is InChI=1S/C29H35FN4O/c1-22(19-27-7-2-3-15-31-27)33-26-13-17-34(18-14-26)28-10-8-24(9-11-28)21-29(35)32-16-12-23-5-4-6-25(30)20-23/h2-11,15,20,22,26,33H,12-14,16-19,21H2,1H3,(H,32,35). The average Bonchev–Trinajstić information content (AvgIpc) is 2.86. The number of hydrogen-bond acceptors (Lipinski definition) is 4. The van der Waals surface area contributed by atoms with Gasteiger partial charge in [0, 0.05) is 55.7 Å². The number of anilines is 1. The maximum Gasteiger partial charge on any atom is 0.224 e. The topological polar surface area (TPSA) is 57.3 Å². The Labute approximate surface area is 207 Å². The molecule has 2 aromatic carbocycles. The predicted octanol–water partition coefficient (Wildman–Crippen LogP) is 4.31. The van der Waals surface area contributed by atoms with Gasteiger partial charge in [0.2, 0.25) is 5.91 Å². The molecule has 0 bridgehead atoms. The van der Waals surface area contributed by atoms with Gasteiger partial charge in [-0.1, -0.05) is 30.3 Å². The number of amides is 1. The van der Waals surface area contributed by atoms with Crippen LogP contribution in [0.15, 0.2) is 72.9 Å². The van der Waals surface area contributed by atoms with Gasteiger partial charge >= 0.3 is 0 Å². The fourth-order valence-electron chi connectivity index (χ4n) is 4.71. The van der Waals surface area contributed by atoms with Crippen LogP contribution < -0.4 is 15.5 Å². The molecule has 2 N–H and O–H groups in total. The summed E-state index contributed by atoms with van der Waals surface area (Å²) in [6, 6.07) is 21.8. The van der Waals surface area contributed by atoms with E-state index in [4.69, 9.17) is 0 Å². The Balaban J connectivity index is 1.17. The summed E-state index contributed by atoms with van der Waals surface area (Å²) in [4.78, 5) is 19.1. The highest BCUT2D eigenvalue weighted by Crippen LogP contribution is 2.21. The van der Waals surface area contributed by atoms with Crippen LogP contribution in [0, 0.1) is 5.82 Å². The number of carbonyl (C=O) groups excluding carboxylic acids is 1. The number of halogens is 1. The van der Waals surface area contributed by atoms with E-state index in [1.54, 1.807) is 6.07 Å². The van der Waals surface area contributed by atoms with Crippen molar-refractivity contribution < 1.29 is 9.18 Å². The maximum absolute atomic E-state index is 13.3. The van der Waals surface area contributed by atoms with E-state index < -0.39 is 0 Å². The molecule has 0 saturated carbocycles. The SMILES string of the molecule is CC(Cc1ccccn1)NC1CCN(c2ccc(CC(=O)NCCc3cccc(F)c3)cc2)CC1. The largest absolute Gasteiger partial charge is 0.371 e. The molecule has 1 unspecified atom stereocenters.